The fourth-order valence-corrected chi connectivity index (χ4v) is 2.23. The molecule has 0 aliphatic rings. The Morgan fingerprint density at radius 2 is 1.67 bits per heavy atom. The quantitative estimate of drug-likeness (QED) is 0.606. The van der Waals surface area contributed by atoms with Crippen molar-refractivity contribution in [1.29, 1.82) is 0 Å². The van der Waals surface area contributed by atoms with E-state index in [9.17, 15) is 9.59 Å². The molecule has 0 aliphatic carbocycles. The fraction of sp³-hybridized carbons (Fsp3) is 0.867. The number of nitrogens with zero attached hydrogens (tertiary/aromatic N) is 1. The molecule has 6 nitrogen and oxygen atoms in total. The number of amides is 2. The summed E-state index contributed by atoms with van der Waals surface area (Å²) < 4.78 is 0. The number of urea groups is 1. The van der Waals surface area contributed by atoms with Gasteiger partial charge in [-0.05, 0) is 32.4 Å². The lowest BCUT2D eigenvalue weighted by Gasteiger charge is -2.26. The number of likely N-dealkylation sites (N-methyl/N-ethyl adjacent to an activating group) is 1. The Hall–Kier alpha value is -1.30. The van der Waals surface area contributed by atoms with E-state index in [4.69, 9.17) is 5.11 Å². The summed E-state index contributed by atoms with van der Waals surface area (Å²) in [7, 11) is 3.93. The van der Waals surface area contributed by atoms with Crippen LogP contribution >= 0.6 is 0 Å². The van der Waals surface area contributed by atoms with Crippen molar-refractivity contribution in [1.82, 2.24) is 15.5 Å². The van der Waals surface area contributed by atoms with Crippen molar-refractivity contribution in [3.63, 3.8) is 0 Å². The molecule has 124 valence electrons. The van der Waals surface area contributed by atoms with Crippen LogP contribution in [0.4, 0.5) is 4.79 Å². The molecule has 0 aromatic heterocycles. The molecular weight excluding hydrogens is 270 g/mol. The normalized spacial score (nSPS) is 14.3. The van der Waals surface area contributed by atoms with Gasteiger partial charge in [0.1, 0.15) is 0 Å². The Labute approximate surface area is 128 Å². The third-order valence-electron chi connectivity index (χ3n) is 3.19. The smallest absolute Gasteiger partial charge is 0.315 e. The maximum atomic E-state index is 12.1. The highest BCUT2D eigenvalue weighted by atomic mass is 16.4. The number of rotatable bonds is 9. The third-order valence-corrected chi connectivity index (χ3v) is 3.19. The second-order valence-electron chi connectivity index (χ2n) is 6.65. The minimum Gasteiger partial charge on any atom is -0.481 e. The van der Waals surface area contributed by atoms with E-state index >= 15 is 0 Å². The molecule has 2 unspecified atom stereocenters. The van der Waals surface area contributed by atoms with Crippen LogP contribution in [0.15, 0.2) is 0 Å². The highest BCUT2D eigenvalue weighted by Crippen LogP contribution is 2.08. The summed E-state index contributed by atoms with van der Waals surface area (Å²) in [6.07, 6.45) is 0.824. The lowest BCUT2D eigenvalue weighted by atomic mass is 10.0. The van der Waals surface area contributed by atoms with Crippen LogP contribution in [-0.2, 0) is 4.79 Å². The van der Waals surface area contributed by atoms with Crippen LogP contribution < -0.4 is 10.6 Å². The zero-order valence-electron chi connectivity index (χ0n) is 14.1. The Kier molecular flexibility index (Phi) is 9.01. The van der Waals surface area contributed by atoms with Crippen LogP contribution in [0.3, 0.4) is 0 Å². The third kappa shape index (κ3) is 10.1. The number of carbonyl (C=O) groups excluding carboxylic acids is 1. The van der Waals surface area contributed by atoms with Crippen molar-refractivity contribution in [2.24, 2.45) is 11.8 Å². The Morgan fingerprint density at radius 3 is 2.05 bits per heavy atom. The monoisotopic (exact) mass is 301 g/mol. The van der Waals surface area contributed by atoms with Gasteiger partial charge in [-0.15, -0.1) is 0 Å². The predicted octanol–water partition coefficient (Wildman–Crippen LogP) is 1.76. The zero-order valence-corrected chi connectivity index (χ0v) is 14.1. The first-order chi connectivity index (χ1) is 9.61. The molecular formula is C15H31N3O3. The summed E-state index contributed by atoms with van der Waals surface area (Å²) in [5, 5.41) is 14.6. The zero-order chi connectivity index (χ0) is 16.6. The van der Waals surface area contributed by atoms with E-state index < -0.39 is 5.97 Å². The van der Waals surface area contributed by atoms with Gasteiger partial charge in [-0.3, -0.25) is 4.79 Å². The highest BCUT2D eigenvalue weighted by molar-refractivity contribution is 5.76. The fourth-order valence-electron chi connectivity index (χ4n) is 2.23. The molecule has 0 heterocycles. The molecule has 0 rings (SSSR count). The van der Waals surface area contributed by atoms with Gasteiger partial charge < -0.3 is 20.6 Å². The number of aliphatic carboxylic acids is 1. The highest BCUT2D eigenvalue weighted by Gasteiger charge is 2.21. The van der Waals surface area contributed by atoms with E-state index in [0.717, 1.165) is 13.0 Å². The minimum absolute atomic E-state index is 0.0534. The van der Waals surface area contributed by atoms with Crippen molar-refractivity contribution < 1.29 is 14.7 Å². The van der Waals surface area contributed by atoms with Gasteiger partial charge in [0, 0.05) is 18.6 Å². The first-order valence-corrected chi connectivity index (χ1v) is 7.55. The summed E-state index contributed by atoms with van der Waals surface area (Å²) in [5.41, 5.74) is 0. The number of carboxylic acids is 1. The van der Waals surface area contributed by atoms with Crippen molar-refractivity contribution in [3.05, 3.63) is 0 Å². The molecule has 0 aliphatic heterocycles. The van der Waals surface area contributed by atoms with Crippen LogP contribution in [0.1, 0.15) is 40.5 Å². The SMILES string of the molecule is CC(C)CC(CN(C)C)NC(=O)NC(CC(=O)O)C(C)C. The summed E-state index contributed by atoms with van der Waals surface area (Å²) >= 11 is 0. The Balaban J connectivity index is 4.54. The van der Waals surface area contributed by atoms with E-state index in [0.29, 0.717) is 5.92 Å². The van der Waals surface area contributed by atoms with Crippen LogP contribution in [0, 0.1) is 11.8 Å². The van der Waals surface area contributed by atoms with Gasteiger partial charge in [0.2, 0.25) is 0 Å². The standard InChI is InChI=1S/C15H31N3O3/c1-10(2)7-12(9-18(5)6)16-15(21)17-13(11(3)4)8-14(19)20/h10-13H,7-9H2,1-6H3,(H,19,20)(H2,16,17,21). The van der Waals surface area contributed by atoms with Crippen molar-refractivity contribution >= 4 is 12.0 Å². The molecule has 2 atom stereocenters. The van der Waals surface area contributed by atoms with Crippen LogP contribution in [0.2, 0.25) is 0 Å². The van der Waals surface area contributed by atoms with E-state index in [1.165, 1.54) is 0 Å². The van der Waals surface area contributed by atoms with Crippen molar-refractivity contribution in [2.75, 3.05) is 20.6 Å². The number of carbonyl (C=O) groups is 2. The van der Waals surface area contributed by atoms with Gasteiger partial charge in [0.05, 0.1) is 6.42 Å². The molecule has 3 N–H and O–H groups in total. The number of hydrogen-bond donors (Lipinski definition) is 3. The summed E-state index contributed by atoms with van der Waals surface area (Å²) in [6.45, 7) is 8.79. The lowest BCUT2D eigenvalue weighted by molar-refractivity contribution is -0.137. The molecule has 0 radical (unpaired) electrons. The van der Waals surface area contributed by atoms with Gasteiger partial charge in [0.25, 0.3) is 0 Å². The van der Waals surface area contributed by atoms with Gasteiger partial charge in [0.15, 0.2) is 0 Å². The van der Waals surface area contributed by atoms with Crippen molar-refractivity contribution in [3.8, 4) is 0 Å². The average molecular weight is 301 g/mol. The van der Waals surface area contributed by atoms with Crippen molar-refractivity contribution in [2.45, 2.75) is 52.6 Å². The molecule has 0 saturated carbocycles. The van der Waals surface area contributed by atoms with Gasteiger partial charge in [-0.1, -0.05) is 27.7 Å². The second-order valence-corrected chi connectivity index (χ2v) is 6.65. The molecule has 0 saturated heterocycles. The molecule has 2 amide bonds. The van der Waals surface area contributed by atoms with E-state index in [1.54, 1.807) is 0 Å². The summed E-state index contributed by atoms with van der Waals surface area (Å²) in [6, 6.07) is -0.596. The topological polar surface area (TPSA) is 81.7 Å². The molecule has 0 aromatic carbocycles. The largest absolute Gasteiger partial charge is 0.481 e. The Morgan fingerprint density at radius 1 is 1.10 bits per heavy atom. The molecule has 0 aromatic rings. The minimum atomic E-state index is -0.902. The lowest BCUT2D eigenvalue weighted by Crippen LogP contribution is -2.51. The van der Waals surface area contributed by atoms with Crippen LogP contribution in [0.25, 0.3) is 0 Å². The number of hydrogen-bond acceptors (Lipinski definition) is 3. The summed E-state index contributed by atoms with van der Waals surface area (Å²) in [4.78, 5) is 24.9. The van der Waals surface area contributed by atoms with E-state index in [1.807, 2.05) is 32.8 Å². The molecule has 0 bridgehead atoms. The van der Waals surface area contributed by atoms with Crippen LogP contribution in [0.5, 0.6) is 0 Å². The first-order valence-electron chi connectivity index (χ1n) is 7.55. The first kappa shape index (κ1) is 19.7. The van der Waals surface area contributed by atoms with E-state index in [2.05, 4.69) is 24.5 Å². The molecule has 0 spiro atoms. The number of nitrogens with one attached hydrogen (secondary N) is 2. The molecule has 0 fully saturated rings. The maximum Gasteiger partial charge on any atom is 0.315 e. The number of carboxylic acid groups (broad SMARTS) is 1. The van der Waals surface area contributed by atoms with Gasteiger partial charge in [-0.2, -0.15) is 0 Å². The summed E-state index contributed by atoms with van der Waals surface area (Å²) in [5.74, 6) is -0.347. The molecule has 6 heteroatoms. The van der Waals surface area contributed by atoms with E-state index in [-0.39, 0.29) is 30.5 Å². The van der Waals surface area contributed by atoms with Gasteiger partial charge >= 0.3 is 12.0 Å². The maximum absolute atomic E-state index is 12.1. The predicted molar refractivity (Wildman–Crippen MR) is 84.3 cm³/mol. The van der Waals surface area contributed by atoms with Gasteiger partial charge in [-0.25, -0.2) is 4.79 Å². The average Bonchev–Trinajstić information content (AvgIpc) is 2.24. The van der Waals surface area contributed by atoms with Crippen LogP contribution in [-0.4, -0.2) is 54.7 Å². The Bertz CT molecular complexity index is 320. The molecule has 21 heavy (non-hydrogen) atoms. The second kappa shape index (κ2) is 9.60.